The highest BCUT2D eigenvalue weighted by atomic mass is 16.5. The lowest BCUT2D eigenvalue weighted by Gasteiger charge is -2.12. The van der Waals surface area contributed by atoms with Crippen LogP contribution in [-0.2, 0) is 13.7 Å². The number of aliphatic hydroxyl groups is 1. The molecule has 0 aliphatic carbocycles. The fourth-order valence-corrected chi connectivity index (χ4v) is 1.59. The lowest BCUT2D eigenvalue weighted by atomic mass is 10.1. The molecular formula is C12H16N4O3. The van der Waals surface area contributed by atoms with E-state index in [1.165, 1.54) is 4.80 Å². The van der Waals surface area contributed by atoms with Crippen LogP contribution < -0.4 is 9.47 Å². The molecule has 2 rings (SSSR count). The van der Waals surface area contributed by atoms with E-state index < -0.39 is 6.10 Å². The Morgan fingerprint density at radius 2 is 2.16 bits per heavy atom. The Morgan fingerprint density at radius 1 is 1.37 bits per heavy atom. The Hall–Kier alpha value is -2.15. The molecule has 0 aliphatic rings. The van der Waals surface area contributed by atoms with Gasteiger partial charge >= 0.3 is 0 Å². The van der Waals surface area contributed by atoms with Crippen LogP contribution in [0.5, 0.6) is 11.5 Å². The zero-order valence-electron chi connectivity index (χ0n) is 11.1. The number of rotatable bonds is 5. The van der Waals surface area contributed by atoms with Gasteiger partial charge in [0.15, 0.2) is 18.1 Å². The molecule has 0 radical (unpaired) electrons. The number of benzene rings is 1. The van der Waals surface area contributed by atoms with E-state index in [1.54, 1.807) is 39.3 Å². The summed E-state index contributed by atoms with van der Waals surface area (Å²) >= 11 is 0. The smallest absolute Gasteiger partial charge is 0.212 e. The zero-order valence-corrected chi connectivity index (χ0v) is 11.1. The van der Waals surface area contributed by atoms with Crippen molar-refractivity contribution >= 4 is 0 Å². The molecule has 0 amide bonds. The quantitative estimate of drug-likeness (QED) is 0.862. The van der Waals surface area contributed by atoms with E-state index in [-0.39, 0.29) is 6.61 Å². The zero-order chi connectivity index (χ0) is 13.8. The molecule has 7 nitrogen and oxygen atoms in total. The van der Waals surface area contributed by atoms with Crippen molar-refractivity contribution in [1.29, 1.82) is 0 Å². The molecule has 19 heavy (non-hydrogen) atoms. The highest BCUT2D eigenvalue weighted by Crippen LogP contribution is 2.30. The first-order valence-corrected chi connectivity index (χ1v) is 5.82. The first kappa shape index (κ1) is 13.3. The second-order valence-corrected chi connectivity index (χ2v) is 4.07. The highest BCUT2D eigenvalue weighted by Gasteiger charge is 2.10. The number of aliphatic hydroxyl groups excluding tert-OH is 1. The number of ether oxygens (including phenoxy) is 2. The van der Waals surface area contributed by atoms with E-state index in [9.17, 15) is 5.11 Å². The van der Waals surface area contributed by atoms with Crippen molar-refractivity contribution in [3.63, 3.8) is 0 Å². The summed E-state index contributed by atoms with van der Waals surface area (Å²) in [6.45, 7) is 1.90. The van der Waals surface area contributed by atoms with Crippen molar-refractivity contribution < 1.29 is 14.6 Å². The highest BCUT2D eigenvalue weighted by molar-refractivity contribution is 5.43. The van der Waals surface area contributed by atoms with Gasteiger partial charge in [-0.2, -0.15) is 4.80 Å². The number of hydrogen-bond donors (Lipinski definition) is 1. The molecular weight excluding hydrogens is 248 g/mol. The number of tetrazole rings is 1. The van der Waals surface area contributed by atoms with Crippen LogP contribution in [0.25, 0.3) is 0 Å². The summed E-state index contributed by atoms with van der Waals surface area (Å²) in [5, 5.41) is 21.1. The molecule has 1 aromatic heterocycles. The van der Waals surface area contributed by atoms with Gasteiger partial charge in [0, 0.05) is 0 Å². The molecule has 1 aromatic carbocycles. The summed E-state index contributed by atoms with van der Waals surface area (Å²) in [7, 11) is 3.24. The minimum Gasteiger partial charge on any atom is -0.493 e. The van der Waals surface area contributed by atoms with Gasteiger partial charge in [-0.25, -0.2) is 0 Å². The first-order valence-electron chi connectivity index (χ1n) is 5.82. The van der Waals surface area contributed by atoms with E-state index in [1.807, 2.05) is 0 Å². The van der Waals surface area contributed by atoms with Crippen LogP contribution in [0.15, 0.2) is 18.2 Å². The van der Waals surface area contributed by atoms with Crippen LogP contribution in [0.4, 0.5) is 0 Å². The van der Waals surface area contributed by atoms with Gasteiger partial charge in [-0.3, -0.25) is 0 Å². The van der Waals surface area contributed by atoms with Crippen LogP contribution >= 0.6 is 0 Å². The molecule has 0 unspecified atom stereocenters. The lowest BCUT2D eigenvalue weighted by molar-refractivity contribution is 0.198. The lowest BCUT2D eigenvalue weighted by Crippen LogP contribution is -2.01. The van der Waals surface area contributed by atoms with Gasteiger partial charge in [0.25, 0.3) is 0 Å². The third kappa shape index (κ3) is 3.19. The Labute approximate surface area is 110 Å². The summed E-state index contributed by atoms with van der Waals surface area (Å²) in [5.74, 6) is 1.62. The summed E-state index contributed by atoms with van der Waals surface area (Å²) in [5.41, 5.74) is 0.766. The van der Waals surface area contributed by atoms with Gasteiger partial charge in [-0.15, -0.1) is 10.2 Å². The SMILES string of the molecule is COc1cc([C@H](C)O)ccc1OCc1nnn(C)n1. The van der Waals surface area contributed by atoms with Crippen LogP contribution in [-0.4, -0.2) is 32.4 Å². The monoisotopic (exact) mass is 264 g/mol. The molecule has 0 spiro atoms. The van der Waals surface area contributed by atoms with E-state index in [0.29, 0.717) is 17.3 Å². The second kappa shape index (κ2) is 5.66. The molecule has 1 N–H and O–H groups in total. The summed E-state index contributed by atoms with van der Waals surface area (Å²) < 4.78 is 10.8. The third-order valence-electron chi connectivity index (χ3n) is 2.58. The number of methoxy groups -OCH3 is 1. The Balaban J connectivity index is 2.11. The fourth-order valence-electron chi connectivity index (χ4n) is 1.59. The van der Waals surface area contributed by atoms with Gasteiger partial charge in [0.1, 0.15) is 0 Å². The minimum absolute atomic E-state index is 0.207. The molecule has 2 aromatic rings. The number of aromatic nitrogens is 4. The molecule has 0 aliphatic heterocycles. The van der Waals surface area contributed by atoms with Gasteiger partial charge in [-0.1, -0.05) is 6.07 Å². The maximum atomic E-state index is 9.52. The molecule has 1 atom stereocenters. The van der Waals surface area contributed by atoms with Crippen LogP contribution in [0.2, 0.25) is 0 Å². The predicted octanol–water partition coefficient (Wildman–Crippen LogP) is 0.851. The Kier molecular flexibility index (Phi) is 3.96. The molecule has 0 bridgehead atoms. The van der Waals surface area contributed by atoms with Crippen molar-refractivity contribution in [1.82, 2.24) is 20.2 Å². The topological polar surface area (TPSA) is 82.3 Å². The number of hydrogen-bond acceptors (Lipinski definition) is 6. The van der Waals surface area contributed by atoms with E-state index in [0.717, 1.165) is 5.56 Å². The van der Waals surface area contributed by atoms with Gasteiger partial charge < -0.3 is 14.6 Å². The van der Waals surface area contributed by atoms with Gasteiger partial charge in [0.2, 0.25) is 5.82 Å². The van der Waals surface area contributed by atoms with E-state index in [2.05, 4.69) is 15.4 Å². The second-order valence-electron chi connectivity index (χ2n) is 4.07. The van der Waals surface area contributed by atoms with Crippen molar-refractivity contribution in [3.8, 4) is 11.5 Å². The van der Waals surface area contributed by atoms with Crippen LogP contribution in [0, 0.1) is 0 Å². The first-order chi connectivity index (χ1) is 9.10. The fraction of sp³-hybridized carbons (Fsp3) is 0.417. The van der Waals surface area contributed by atoms with Crippen molar-refractivity contribution in [2.24, 2.45) is 7.05 Å². The van der Waals surface area contributed by atoms with Crippen LogP contribution in [0.1, 0.15) is 24.4 Å². The minimum atomic E-state index is -0.551. The van der Waals surface area contributed by atoms with E-state index >= 15 is 0 Å². The third-order valence-corrected chi connectivity index (χ3v) is 2.58. The summed E-state index contributed by atoms with van der Waals surface area (Å²) in [6, 6.07) is 5.27. The Bertz CT molecular complexity index is 554. The van der Waals surface area contributed by atoms with Crippen molar-refractivity contribution in [2.45, 2.75) is 19.6 Å². The normalized spacial score (nSPS) is 12.2. The van der Waals surface area contributed by atoms with Crippen molar-refractivity contribution in [3.05, 3.63) is 29.6 Å². The Morgan fingerprint density at radius 3 is 2.74 bits per heavy atom. The summed E-state index contributed by atoms with van der Waals surface area (Å²) in [4.78, 5) is 1.37. The van der Waals surface area contributed by atoms with Crippen molar-refractivity contribution in [2.75, 3.05) is 7.11 Å². The number of nitrogens with zero attached hydrogens (tertiary/aromatic N) is 4. The summed E-state index contributed by atoms with van der Waals surface area (Å²) in [6.07, 6.45) is -0.551. The molecule has 1 heterocycles. The largest absolute Gasteiger partial charge is 0.493 e. The molecule has 0 saturated heterocycles. The van der Waals surface area contributed by atoms with E-state index in [4.69, 9.17) is 9.47 Å². The molecule has 7 heteroatoms. The number of aryl methyl sites for hydroxylation is 1. The molecule has 0 fully saturated rings. The average Bonchev–Trinajstić information content (AvgIpc) is 2.81. The maximum absolute atomic E-state index is 9.52. The van der Waals surface area contributed by atoms with Gasteiger partial charge in [0.05, 0.1) is 20.3 Å². The average molecular weight is 264 g/mol. The molecule has 0 saturated carbocycles. The molecule has 102 valence electrons. The standard InChI is InChI=1S/C12H16N4O3/c1-8(17)9-4-5-10(11(6-9)18-3)19-7-12-13-15-16(2)14-12/h4-6,8,17H,7H2,1-3H3/t8-/m0/s1. The predicted molar refractivity (Wildman–Crippen MR) is 66.8 cm³/mol. The van der Waals surface area contributed by atoms with Crippen LogP contribution in [0.3, 0.4) is 0 Å². The van der Waals surface area contributed by atoms with Gasteiger partial charge in [-0.05, 0) is 29.8 Å². The maximum Gasteiger partial charge on any atom is 0.212 e.